The standard InChI is InChI=1S/C11H23N3/c1-4-11(10-12)13-8-7-9-14(5-2)6-3/h11,13H,4-9H2,1-3H3. The molecule has 0 saturated carbocycles. The average Bonchev–Trinajstić information content (AvgIpc) is 2.24. The van der Waals surface area contributed by atoms with Crippen molar-refractivity contribution in [3.8, 4) is 6.07 Å². The van der Waals surface area contributed by atoms with E-state index < -0.39 is 0 Å². The van der Waals surface area contributed by atoms with Crippen LogP contribution >= 0.6 is 0 Å². The van der Waals surface area contributed by atoms with E-state index in [1.165, 1.54) is 0 Å². The molecule has 1 atom stereocenters. The molecule has 0 saturated heterocycles. The lowest BCUT2D eigenvalue weighted by Gasteiger charge is -2.18. The van der Waals surface area contributed by atoms with Gasteiger partial charge < -0.3 is 10.2 Å². The first-order valence-corrected chi connectivity index (χ1v) is 5.63. The fourth-order valence-electron chi connectivity index (χ4n) is 1.40. The fourth-order valence-corrected chi connectivity index (χ4v) is 1.40. The zero-order valence-electron chi connectivity index (χ0n) is 9.71. The second-order valence-corrected chi connectivity index (χ2v) is 3.42. The Morgan fingerprint density at radius 3 is 2.36 bits per heavy atom. The molecule has 1 unspecified atom stereocenters. The molecule has 0 aromatic heterocycles. The first-order chi connectivity index (χ1) is 6.78. The summed E-state index contributed by atoms with van der Waals surface area (Å²) < 4.78 is 0. The summed E-state index contributed by atoms with van der Waals surface area (Å²) in [6.45, 7) is 10.7. The molecule has 0 heterocycles. The molecule has 0 aliphatic rings. The Balaban J connectivity index is 3.41. The molecule has 0 fully saturated rings. The fraction of sp³-hybridized carbons (Fsp3) is 0.909. The number of nitrogens with one attached hydrogen (secondary N) is 1. The molecular formula is C11H23N3. The van der Waals surface area contributed by atoms with Crippen LogP contribution < -0.4 is 5.32 Å². The second-order valence-electron chi connectivity index (χ2n) is 3.42. The molecule has 0 spiro atoms. The predicted octanol–water partition coefficient (Wildman–Crippen LogP) is 1.61. The zero-order valence-corrected chi connectivity index (χ0v) is 9.71. The molecule has 0 aromatic rings. The number of rotatable bonds is 8. The van der Waals surface area contributed by atoms with Gasteiger partial charge in [-0.2, -0.15) is 5.26 Å². The van der Waals surface area contributed by atoms with E-state index in [-0.39, 0.29) is 6.04 Å². The molecule has 82 valence electrons. The summed E-state index contributed by atoms with van der Waals surface area (Å²) in [5.41, 5.74) is 0. The highest BCUT2D eigenvalue weighted by molar-refractivity contribution is 4.88. The highest BCUT2D eigenvalue weighted by Crippen LogP contribution is 1.92. The Morgan fingerprint density at radius 2 is 1.93 bits per heavy atom. The van der Waals surface area contributed by atoms with Crippen LogP contribution in [0.3, 0.4) is 0 Å². The van der Waals surface area contributed by atoms with Crippen LogP contribution in [0.15, 0.2) is 0 Å². The lowest BCUT2D eigenvalue weighted by molar-refractivity contribution is 0.297. The normalized spacial score (nSPS) is 12.8. The molecule has 0 rings (SSSR count). The third-order valence-electron chi connectivity index (χ3n) is 2.50. The van der Waals surface area contributed by atoms with E-state index in [4.69, 9.17) is 5.26 Å². The van der Waals surface area contributed by atoms with Crippen LogP contribution in [0, 0.1) is 11.3 Å². The SMILES string of the molecule is CCC(C#N)NCCCN(CC)CC. The highest BCUT2D eigenvalue weighted by Gasteiger charge is 2.02. The van der Waals surface area contributed by atoms with Crippen molar-refractivity contribution in [3.05, 3.63) is 0 Å². The van der Waals surface area contributed by atoms with Crippen LogP contribution in [0.4, 0.5) is 0 Å². The van der Waals surface area contributed by atoms with E-state index in [1.807, 2.05) is 6.92 Å². The summed E-state index contributed by atoms with van der Waals surface area (Å²) in [4.78, 5) is 2.40. The van der Waals surface area contributed by atoms with Crippen molar-refractivity contribution in [2.45, 2.75) is 39.7 Å². The molecule has 0 aliphatic heterocycles. The molecule has 0 amide bonds. The van der Waals surface area contributed by atoms with Gasteiger partial charge in [-0.05, 0) is 39.0 Å². The highest BCUT2D eigenvalue weighted by atomic mass is 15.1. The Hall–Kier alpha value is -0.590. The van der Waals surface area contributed by atoms with Crippen molar-refractivity contribution in [1.29, 1.82) is 5.26 Å². The van der Waals surface area contributed by atoms with E-state index in [2.05, 4.69) is 30.1 Å². The first-order valence-electron chi connectivity index (χ1n) is 5.63. The second kappa shape index (κ2) is 8.98. The molecular weight excluding hydrogens is 174 g/mol. The third-order valence-corrected chi connectivity index (χ3v) is 2.50. The van der Waals surface area contributed by atoms with Crippen molar-refractivity contribution in [2.75, 3.05) is 26.2 Å². The number of hydrogen-bond donors (Lipinski definition) is 1. The summed E-state index contributed by atoms with van der Waals surface area (Å²) in [5.74, 6) is 0. The van der Waals surface area contributed by atoms with Gasteiger partial charge in [-0.15, -0.1) is 0 Å². The topological polar surface area (TPSA) is 39.1 Å². The van der Waals surface area contributed by atoms with Gasteiger partial charge in [0.15, 0.2) is 0 Å². The summed E-state index contributed by atoms with van der Waals surface area (Å²) in [5, 5.41) is 11.9. The molecule has 3 heteroatoms. The van der Waals surface area contributed by atoms with Crippen molar-refractivity contribution >= 4 is 0 Å². The van der Waals surface area contributed by atoms with Crippen molar-refractivity contribution in [1.82, 2.24) is 10.2 Å². The summed E-state index contributed by atoms with van der Waals surface area (Å²) >= 11 is 0. The zero-order chi connectivity index (χ0) is 10.8. The van der Waals surface area contributed by atoms with Crippen LogP contribution in [0.25, 0.3) is 0 Å². The van der Waals surface area contributed by atoms with Gasteiger partial charge in [0.2, 0.25) is 0 Å². The molecule has 14 heavy (non-hydrogen) atoms. The molecule has 0 aromatic carbocycles. The van der Waals surface area contributed by atoms with Gasteiger partial charge in [-0.1, -0.05) is 20.8 Å². The molecule has 0 bridgehead atoms. The average molecular weight is 197 g/mol. The number of nitriles is 1. The van der Waals surface area contributed by atoms with E-state index >= 15 is 0 Å². The minimum atomic E-state index is 0.0340. The monoisotopic (exact) mass is 197 g/mol. The van der Waals surface area contributed by atoms with Crippen LogP contribution in [0.2, 0.25) is 0 Å². The van der Waals surface area contributed by atoms with Gasteiger partial charge >= 0.3 is 0 Å². The van der Waals surface area contributed by atoms with Gasteiger partial charge in [-0.3, -0.25) is 0 Å². The van der Waals surface area contributed by atoms with Gasteiger partial charge in [0.1, 0.15) is 0 Å². The Labute approximate surface area is 88.1 Å². The minimum Gasteiger partial charge on any atom is -0.304 e. The van der Waals surface area contributed by atoms with E-state index in [1.54, 1.807) is 0 Å². The van der Waals surface area contributed by atoms with Gasteiger partial charge in [-0.25, -0.2) is 0 Å². The van der Waals surface area contributed by atoms with Gasteiger partial charge in [0.05, 0.1) is 12.1 Å². The van der Waals surface area contributed by atoms with Crippen LogP contribution in [-0.4, -0.2) is 37.1 Å². The smallest absolute Gasteiger partial charge is 0.0950 e. The quantitative estimate of drug-likeness (QED) is 0.601. The molecule has 0 radical (unpaired) electrons. The van der Waals surface area contributed by atoms with E-state index in [9.17, 15) is 0 Å². The summed E-state index contributed by atoms with van der Waals surface area (Å²) in [6, 6.07) is 2.28. The number of hydrogen-bond acceptors (Lipinski definition) is 3. The van der Waals surface area contributed by atoms with Crippen molar-refractivity contribution in [2.24, 2.45) is 0 Å². The summed E-state index contributed by atoms with van der Waals surface area (Å²) in [6.07, 6.45) is 2.02. The van der Waals surface area contributed by atoms with Crippen LogP contribution in [0.1, 0.15) is 33.6 Å². The first kappa shape index (κ1) is 13.4. The van der Waals surface area contributed by atoms with E-state index in [0.717, 1.165) is 39.0 Å². The molecule has 0 aliphatic carbocycles. The van der Waals surface area contributed by atoms with Crippen molar-refractivity contribution < 1.29 is 0 Å². The number of nitrogens with zero attached hydrogens (tertiary/aromatic N) is 2. The predicted molar refractivity (Wildman–Crippen MR) is 60.1 cm³/mol. The molecule has 3 nitrogen and oxygen atoms in total. The van der Waals surface area contributed by atoms with Crippen LogP contribution in [-0.2, 0) is 0 Å². The lowest BCUT2D eigenvalue weighted by Crippen LogP contribution is -2.31. The summed E-state index contributed by atoms with van der Waals surface area (Å²) in [7, 11) is 0. The maximum atomic E-state index is 8.70. The maximum Gasteiger partial charge on any atom is 0.0950 e. The third kappa shape index (κ3) is 5.95. The lowest BCUT2D eigenvalue weighted by atomic mass is 10.2. The largest absolute Gasteiger partial charge is 0.304 e. The van der Waals surface area contributed by atoms with Gasteiger partial charge in [0, 0.05) is 0 Å². The Bertz CT molecular complexity index is 158. The molecule has 1 N–H and O–H groups in total. The van der Waals surface area contributed by atoms with E-state index in [0.29, 0.717) is 0 Å². The van der Waals surface area contributed by atoms with Crippen LogP contribution in [0.5, 0.6) is 0 Å². The Morgan fingerprint density at radius 1 is 1.29 bits per heavy atom. The Kier molecular flexibility index (Phi) is 8.61. The maximum absolute atomic E-state index is 8.70. The van der Waals surface area contributed by atoms with Crippen molar-refractivity contribution in [3.63, 3.8) is 0 Å². The van der Waals surface area contributed by atoms with Gasteiger partial charge in [0.25, 0.3) is 0 Å². The minimum absolute atomic E-state index is 0.0340.